The molecule has 2 rings (SSSR count). The van der Waals surface area contributed by atoms with Crippen LogP contribution in [0.4, 0.5) is 9.80 Å². The molecule has 0 bridgehead atoms. The van der Waals surface area contributed by atoms with Crippen LogP contribution in [0.2, 0.25) is 0 Å². The number of carbonyl (C=O) groups excluding carboxylic acids is 2. The standard InChI is InChI=1S/C17H20N4O4S2/c1-8(2)7-19-17(25)20-15-11(14(18)22)12(21-27-15)13(26)9-3-5-10(6-4-9)16(23)24/h3-6,8,13,26H,7H2,1-2H3,(H2,18,22)(H,23,24)(H2,19,20,25). The number of aromatic carboxylic acids is 1. The van der Waals surface area contributed by atoms with Gasteiger partial charge in [-0.15, -0.1) is 0 Å². The summed E-state index contributed by atoms with van der Waals surface area (Å²) in [6.07, 6.45) is 0. The van der Waals surface area contributed by atoms with Crippen molar-refractivity contribution < 1.29 is 19.5 Å². The van der Waals surface area contributed by atoms with Crippen LogP contribution in [0.3, 0.4) is 0 Å². The van der Waals surface area contributed by atoms with Crippen molar-refractivity contribution in [2.75, 3.05) is 11.9 Å². The zero-order valence-corrected chi connectivity index (χ0v) is 16.4. The third-order valence-corrected chi connectivity index (χ3v) is 4.91. The lowest BCUT2D eigenvalue weighted by atomic mass is 10.0. The minimum absolute atomic E-state index is 0.0852. The fourth-order valence-corrected chi connectivity index (χ4v) is 3.48. The summed E-state index contributed by atoms with van der Waals surface area (Å²) in [5.74, 6) is -1.50. The zero-order valence-electron chi connectivity index (χ0n) is 14.7. The van der Waals surface area contributed by atoms with Crippen LogP contribution in [0.1, 0.15) is 51.1 Å². The number of primary amides is 1. The number of anilines is 1. The Balaban J connectivity index is 2.26. The first-order valence-electron chi connectivity index (χ1n) is 8.06. The first kappa shape index (κ1) is 20.7. The lowest BCUT2D eigenvalue weighted by molar-refractivity contribution is 0.0696. The first-order chi connectivity index (χ1) is 12.7. The Bertz CT molecular complexity index is 849. The van der Waals surface area contributed by atoms with E-state index in [4.69, 9.17) is 10.8 Å². The molecule has 10 heteroatoms. The van der Waals surface area contributed by atoms with Gasteiger partial charge >= 0.3 is 12.0 Å². The molecule has 0 fully saturated rings. The van der Waals surface area contributed by atoms with Crippen molar-refractivity contribution in [3.8, 4) is 0 Å². The average Bonchev–Trinajstić information content (AvgIpc) is 3.03. The fraction of sp³-hybridized carbons (Fsp3) is 0.294. The van der Waals surface area contributed by atoms with Crippen LogP contribution in [0.25, 0.3) is 0 Å². The molecular weight excluding hydrogens is 388 g/mol. The molecule has 27 heavy (non-hydrogen) atoms. The Morgan fingerprint density at radius 3 is 2.41 bits per heavy atom. The molecule has 3 amide bonds. The van der Waals surface area contributed by atoms with Crippen molar-refractivity contribution in [2.45, 2.75) is 19.1 Å². The largest absolute Gasteiger partial charge is 0.478 e. The highest BCUT2D eigenvalue weighted by atomic mass is 32.1. The molecule has 0 aliphatic carbocycles. The molecule has 1 aromatic heterocycles. The molecule has 8 nitrogen and oxygen atoms in total. The van der Waals surface area contributed by atoms with E-state index in [-0.39, 0.29) is 22.0 Å². The molecule has 0 saturated heterocycles. The maximum atomic E-state index is 12.0. The Morgan fingerprint density at radius 2 is 1.89 bits per heavy atom. The molecule has 0 aliphatic heterocycles. The van der Waals surface area contributed by atoms with E-state index in [0.717, 1.165) is 11.5 Å². The zero-order chi connectivity index (χ0) is 20.1. The van der Waals surface area contributed by atoms with Gasteiger partial charge in [0.25, 0.3) is 5.91 Å². The highest BCUT2D eigenvalue weighted by Gasteiger charge is 2.25. The fourth-order valence-electron chi connectivity index (χ4n) is 2.22. The Morgan fingerprint density at radius 1 is 1.26 bits per heavy atom. The maximum Gasteiger partial charge on any atom is 0.335 e. The normalized spacial score (nSPS) is 11.9. The number of hydrogen-bond donors (Lipinski definition) is 5. The second-order valence-electron chi connectivity index (χ2n) is 6.19. The number of aromatic nitrogens is 1. The number of carboxylic acids is 1. The molecule has 0 aliphatic rings. The van der Waals surface area contributed by atoms with E-state index in [0.29, 0.717) is 17.8 Å². The first-order valence-corrected chi connectivity index (χ1v) is 9.35. The van der Waals surface area contributed by atoms with E-state index in [1.165, 1.54) is 12.1 Å². The predicted molar refractivity (Wildman–Crippen MR) is 107 cm³/mol. The number of urea groups is 1. The number of rotatable bonds is 7. The monoisotopic (exact) mass is 408 g/mol. The van der Waals surface area contributed by atoms with Crippen LogP contribution in [-0.2, 0) is 0 Å². The van der Waals surface area contributed by atoms with Gasteiger partial charge in [0.1, 0.15) is 5.00 Å². The van der Waals surface area contributed by atoms with E-state index in [1.54, 1.807) is 12.1 Å². The summed E-state index contributed by atoms with van der Waals surface area (Å²) in [5, 5.41) is 13.9. The van der Waals surface area contributed by atoms with Gasteiger partial charge in [-0.1, -0.05) is 26.0 Å². The van der Waals surface area contributed by atoms with Gasteiger partial charge in [0.15, 0.2) is 0 Å². The summed E-state index contributed by atoms with van der Waals surface area (Å²) >= 11 is 5.42. The number of thiol groups is 1. The number of hydrogen-bond acceptors (Lipinski definition) is 6. The number of amides is 3. The molecule has 1 heterocycles. The number of benzene rings is 1. The maximum absolute atomic E-state index is 12.0. The molecule has 144 valence electrons. The van der Waals surface area contributed by atoms with Crippen LogP contribution in [0.5, 0.6) is 0 Å². The van der Waals surface area contributed by atoms with E-state index >= 15 is 0 Å². The third-order valence-electron chi connectivity index (χ3n) is 3.60. The van der Waals surface area contributed by atoms with Crippen molar-refractivity contribution in [3.63, 3.8) is 0 Å². The van der Waals surface area contributed by atoms with Crippen LogP contribution in [-0.4, -0.2) is 33.9 Å². The number of nitrogens with zero attached hydrogens (tertiary/aromatic N) is 1. The summed E-state index contributed by atoms with van der Waals surface area (Å²) in [6.45, 7) is 4.40. The molecule has 5 N–H and O–H groups in total. The van der Waals surface area contributed by atoms with Crippen molar-refractivity contribution >= 4 is 47.1 Å². The van der Waals surface area contributed by atoms with Gasteiger partial charge in [-0.05, 0) is 35.1 Å². The van der Waals surface area contributed by atoms with Gasteiger partial charge in [0, 0.05) is 6.54 Å². The quantitative estimate of drug-likeness (QED) is 0.449. The molecule has 0 radical (unpaired) electrons. The third kappa shape index (κ3) is 5.20. The number of carboxylic acid groups (broad SMARTS) is 1. The van der Waals surface area contributed by atoms with Gasteiger partial charge in [-0.3, -0.25) is 10.1 Å². The molecule has 1 aromatic carbocycles. The minimum Gasteiger partial charge on any atom is -0.478 e. The van der Waals surface area contributed by atoms with Gasteiger partial charge in [0.05, 0.1) is 22.1 Å². The minimum atomic E-state index is -1.04. The van der Waals surface area contributed by atoms with Gasteiger partial charge < -0.3 is 16.2 Å². The van der Waals surface area contributed by atoms with E-state index in [1.807, 2.05) is 13.8 Å². The Kier molecular flexibility index (Phi) is 6.81. The highest BCUT2D eigenvalue weighted by Crippen LogP contribution is 2.35. The molecule has 0 spiro atoms. The lowest BCUT2D eigenvalue weighted by Gasteiger charge is -2.12. The number of nitrogens with two attached hydrogens (primary N) is 1. The predicted octanol–water partition coefficient (Wildman–Crippen LogP) is 2.74. The summed E-state index contributed by atoms with van der Waals surface area (Å²) in [5.41, 5.74) is 6.65. The molecular formula is C17H20N4O4S2. The molecule has 1 atom stereocenters. The van der Waals surface area contributed by atoms with Crippen LogP contribution < -0.4 is 16.4 Å². The summed E-state index contributed by atoms with van der Waals surface area (Å²) in [4.78, 5) is 34.9. The summed E-state index contributed by atoms with van der Waals surface area (Å²) in [7, 11) is 0. The summed E-state index contributed by atoms with van der Waals surface area (Å²) < 4.78 is 4.23. The van der Waals surface area contributed by atoms with Crippen molar-refractivity contribution in [2.24, 2.45) is 11.7 Å². The van der Waals surface area contributed by atoms with Crippen LogP contribution in [0, 0.1) is 5.92 Å². The molecule has 1 unspecified atom stereocenters. The van der Waals surface area contributed by atoms with Crippen LogP contribution in [0.15, 0.2) is 24.3 Å². The van der Waals surface area contributed by atoms with Gasteiger partial charge in [-0.25, -0.2) is 9.59 Å². The number of nitrogens with one attached hydrogen (secondary N) is 2. The average molecular weight is 409 g/mol. The molecule has 2 aromatic rings. The van der Waals surface area contributed by atoms with Crippen LogP contribution >= 0.6 is 24.2 Å². The second-order valence-corrected chi connectivity index (χ2v) is 7.48. The SMILES string of the molecule is CC(C)CNC(=O)Nc1snc(C(S)c2ccc(C(=O)O)cc2)c1C(N)=O. The van der Waals surface area contributed by atoms with E-state index in [2.05, 4.69) is 27.6 Å². The topological polar surface area (TPSA) is 134 Å². The summed E-state index contributed by atoms with van der Waals surface area (Å²) in [6, 6.07) is 5.61. The Labute approximate surface area is 165 Å². The van der Waals surface area contributed by atoms with Crippen molar-refractivity contribution in [3.05, 3.63) is 46.6 Å². The second kappa shape index (κ2) is 8.87. The Hall–Kier alpha value is -2.59. The van der Waals surface area contributed by atoms with E-state index < -0.39 is 23.2 Å². The van der Waals surface area contributed by atoms with Crippen molar-refractivity contribution in [1.82, 2.24) is 9.69 Å². The lowest BCUT2D eigenvalue weighted by Crippen LogP contribution is -2.32. The van der Waals surface area contributed by atoms with Crippen molar-refractivity contribution in [1.29, 1.82) is 0 Å². The van der Waals surface area contributed by atoms with Gasteiger partial charge in [0.2, 0.25) is 0 Å². The van der Waals surface area contributed by atoms with E-state index in [9.17, 15) is 14.4 Å². The highest BCUT2D eigenvalue weighted by molar-refractivity contribution is 7.80. The smallest absolute Gasteiger partial charge is 0.335 e. The molecule has 0 saturated carbocycles. The van der Waals surface area contributed by atoms with Gasteiger partial charge in [-0.2, -0.15) is 17.0 Å². The number of carbonyl (C=O) groups is 3.